The van der Waals surface area contributed by atoms with E-state index in [9.17, 15) is 14.7 Å². The molecule has 0 aliphatic carbocycles. The molecule has 18 heavy (non-hydrogen) atoms. The third-order valence-corrected chi connectivity index (χ3v) is 2.53. The molecule has 0 saturated carbocycles. The quantitative estimate of drug-likeness (QED) is 0.560. The lowest BCUT2D eigenvalue weighted by Gasteiger charge is -2.32. The van der Waals surface area contributed by atoms with Crippen molar-refractivity contribution in [3.63, 3.8) is 0 Å². The van der Waals surface area contributed by atoms with E-state index in [1.807, 2.05) is 13.8 Å². The van der Waals surface area contributed by atoms with Crippen LogP contribution in [0.4, 0.5) is 0 Å². The molecular formula is C13H25NO4. The zero-order chi connectivity index (χ0) is 14.6. The summed E-state index contributed by atoms with van der Waals surface area (Å²) in [4.78, 5) is 23.7. The van der Waals surface area contributed by atoms with Gasteiger partial charge in [0.25, 0.3) is 0 Å². The zero-order valence-electron chi connectivity index (χ0n) is 11.9. The average molecular weight is 259 g/mol. The fourth-order valence-electron chi connectivity index (χ4n) is 1.89. The molecule has 0 amide bonds. The fourth-order valence-corrected chi connectivity index (χ4v) is 1.89. The second-order valence-corrected chi connectivity index (χ2v) is 6.03. The summed E-state index contributed by atoms with van der Waals surface area (Å²) in [6, 6.07) is 0. The van der Waals surface area contributed by atoms with Gasteiger partial charge in [0.05, 0.1) is 0 Å². The van der Waals surface area contributed by atoms with Gasteiger partial charge in [0, 0.05) is 0 Å². The third kappa shape index (κ3) is 4.64. The highest BCUT2D eigenvalue weighted by molar-refractivity contribution is 5.99. The molecule has 3 N–H and O–H groups in total. The van der Waals surface area contributed by atoms with Crippen LogP contribution in [0.5, 0.6) is 0 Å². The normalized spacial score (nSPS) is 15.3. The Balaban J connectivity index is 5.28. The van der Waals surface area contributed by atoms with Crippen molar-refractivity contribution in [2.45, 2.75) is 53.1 Å². The number of carboxylic acid groups (broad SMARTS) is 1. The number of ether oxygens (including phenoxy) is 1. The molecule has 0 aliphatic heterocycles. The standard InChI is InChI=1S/C13H25NO4/c1-9(2)8-13(6-7-14,10(15)16)11(17)18-12(3,4)5/h9H,6-8,14H2,1-5H3,(H,15,16)/t13-/m0/s1. The molecule has 106 valence electrons. The van der Waals surface area contributed by atoms with Crippen molar-refractivity contribution < 1.29 is 19.4 Å². The molecule has 0 heterocycles. The first-order chi connectivity index (χ1) is 8.05. The lowest BCUT2D eigenvalue weighted by molar-refractivity contribution is -0.178. The maximum atomic E-state index is 12.2. The highest BCUT2D eigenvalue weighted by Gasteiger charge is 2.48. The van der Waals surface area contributed by atoms with Crippen LogP contribution in [-0.4, -0.2) is 29.2 Å². The van der Waals surface area contributed by atoms with Crippen molar-refractivity contribution >= 4 is 11.9 Å². The van der Waals surface area contributed by atoms with Gasteiger partial charge in [-0.3, -0.25) is 9.59 Å². The number of aliphatic carboxylic acids is 1. The van der Waals surface area contributed by atoms with Crippen LogP contribution in [0.3, 0.4) is 0 Å². The number of esters is 1. The summed E-state index contributed by atoms with van der Waals surface area (Å²) in [6.07, 6.45) is 0.323. The first-order valence-electron chi connectivity index (χ1n) is 6.22. The molecule has 0 aromatic heterocycles. The number of hydrogen-bond donors (Lipinski definition) is 2. The van der Waals surface area contributed by atoms with Gasteiger partial charge in [0.1, 0.15) is 5.60 Å². The number of carbonyl (C=O) groups is 2. The van der Waals surface area contributed by atoms with E-state index in [-0.39, 0.29) is 25.3 Å². The van der Waals surface area contributed by atoms with Gasteiger partial charge < -0.3 is 15.6 Å². The maximum absolute atomic E-state index is 12.2. The van der Waals surface area contributed by atoms with Gasteiger partial charge in [-0.15, -0.1) is 0 Å². The van der Waals surface area contributed by atoms with E-state index >= 15 is 0 Å². The molecule has 5 heteroatoms. The van der Waals surface area contributed by atoms with Crippen LogP contribution in [-0.2, 0) is 14.3 Å². The molecule has 0 aliphatic rings. The van der Waals surface area contributed by atoms with Crippen molar-refractivity contribution in [3.05, 3.63) is 0 Å². The summed E-state index contributed by atoms with van der Waals surface area (Å²) in [5, 5.41) is 9.41. The minimum Gasteiger partial charge on any atom is -0.480 e. The summed E-state index contributed by atoms with van der Waals surface area (Å²) in [5.41, 5.74) is 3.22. The number of hydrogen-bond acceptors (Lipinski definition) is 4. The van der Waals surface area contributed by atoms with Crippen LogP contribution in [0.15, 0.2) is 0 Å². The lowest BCUT2D eigenvalue weighted by atomic mass is 9.77. The van der Waals surface area contributed by atoms with E-state index in [4.69, 9.17) is 10.5 Å². The molecule has 1 atom stereocenters. The summed E-state index contributed by atoms with van der Waals surface area (Å²) >= 11 is 0. The van der Waals surface area contributed by atoms with Gasteiger partial charge in [-0.2, -0.15) is 0 Å². The molecule has 0 rings (SSSR count). The van der Waals surface area contributed by atoms with Crippen LogP contribution in [0.2, 0.25) is 0 Å². The molecule has 0 aromatic carbocycles. The highest BCUT2D eigenvalue weighted by Crippen LogP contribution is 2.33. The predicted octanol–water partition coefficient (Wildman–Crippen LogP) is 1.79. The average Bonchev–Trinajstić information content (AvgIpc) is 2.12. The Bertz CT molecular complexity index is 307. The molecule has 0 aromatic rings. The SMILES string of the molecule is CC(C)C[C@@](CCN)(C(=O)O)C(=O)OC(C)(C)C. The molecule has 0 bridgehead atoms. The Morgan fingerprint density at radius 3 is 2.06 bits per heavy atom. The van der Waals surface area contributed by atoms with Crippen molar-refractivity contribution in [2.75, 3.05) is 6.54 Å². The molecular weight excluding hydrogens is 234 g/mol. The van der Waals surface area contributed by atoms with Crippen LogP contribution >= 0.6 is 0 Å². The molecule has 0 unspecified atom stereocenters. The van der Waals surface area contributed by atoms with Crippen LogP contribution in [0.1, 0.15) is 47.5 Å². The Morgan fingerprint density at radius 1 is 1.28 bits per heavy atom. The molecule has 0 radical (unpaired) electrons. The number of rotatable bonds is 6. The number of carboxylic acids is 1. The second-order valence-electron chi connectivity index (χ2n) is 6.03. The Hall–Kier alpha value is -1.10. The molecule has 5 nitrogen and oxygen atoms in total. The van der Waals surface area contributed by atoms with Gasteiger partial charge in [0.15, 0.2) is 5.41 Å². The minimum absolute atomic E-state index is 0.0696. The van der Waals surface area contributed by atoms with Gasteiger partial charge in [-0.25, -0.2) is 0 Å². The highest BCUT2D eigenvalue weighted by atomic mass is 16.6. The van der Waals surface area contributed by atoms with Crippen LogP contribution in [0.25, 0.3) is 0 Å². The Labute approximate surface area is 109 Å². The van der Waals surface area contributed by atoms with Gasteiger partial charge in [-0.05, 0) is 46.1 Å². The summed E-state index contributed by atoms with van der Waals surface area (Å²) in [5.74, 6) is -1.78. The zero-order valence-corrected chi connectivity index (χ0v) is 11.9. The molecule has 0 fully saturated rings. The number of carbonyl (C=O) groups excluding carboxylic acids is 1. The largest absolute Gasteiger partial charge is 0.480 e. The Morgan fingerprint density at radius 2 is 1.78 bits per heavy atom. The van der Waals surface area contributed by atoms with E-state index in [1.165, 1.54) is 0 Å². The smallest absolute Gasteiger partial charge is 0.324 e. The minimum atomic E-state index is -1.53. The van der Waals surface area contributed by atoms with E-state index < -0.39 is 23.0 Å². The van der Waals surface area contributed by atoms with E-state index in [0.29, 0.717) is 0 Å². The molecule has 0 spiro atoms. The first kappa shape index (κ1) is 16.9. The van der Waals surface area contributed by atoms with Crippen molar-refractivity contribution in [3.8, 4) is 0 Å². The predicted molar refractivity (Wildman–Crippen MR) is 69.0 cm³/mol. The van der Waals surface area contributed by atoms with E-state index in [1.54, 1.807) is 20.8 Å². The number of nitrogens with two attached hydrogens (primary N) is 1. The lowest BCUT2D eigenvalue weighted by Crippen LogP contribution is -2.45. The van der Waals surface area contributed by atoms with Gasteiger partial charge in [0.2, 0.25) is 0 Å². The fraction of sp³-hybridized carbons (Fsp3) is 0.846. The van der Waals surface area contributed by atoms with E-state index in [2.05, 4.69) is 0 Å². The summed E-state index contributed by atoms with van der Waals surface area (Å²) < 4.78 is 5.24. The Kier molecular flexibility index (Phi) is 5.80. The van der Waals surface area contributed by atoms with E-state index in [0.717, 1.165) is 0 Å². The second kappa shape index (κ2) is 6.18. The maximum Gasteiger partial charge on any atom is 0.324 e. The van der Waals surface area contributed by atoms with Crippen molar-refractivity contribution in [1.29, 1.82) is 0 Å². The first-order valence-corrected chi connectivity index (χ1v) is 6.22. The summed E-state index contributed by atoms with van der Waals surface area (Å²) in [6.45, 7) is 9.04. The monoisotopic (exact) mass is 259 g/mol. The summed E-state index contributed by atoms with van der Waals surface area (Å²) in [7, 11) is 0. The van der Waals surface area contributed by atoms with Gasteiger partial charge in [-0.1, -0.05) is 13.8 Å². The van der Waals surface area contributed by atoms with Crippen molar-refractivity contribution in [2.24, 2.45) is 17.1 Å². The van der Waals surface area contributed by atoms with Crippen molar-refractivity contribution in [1.82, 2.24) is 0 Å². The van der Waals surface area contributed by atoms with Crippen LogP contribution < -0.4 is 5.73 Å². The molecule has 0 saturated heterocycles. The van der Waals surface area contributed by atoms with Gasteiger partial charge >= 0.3 is 11.9 Å². The topological polar surface area (TPSA) is 89.6 Å². The third-order valence-electron chi connectivity index (χ3n) is 2.53. The van der Waals surface area contributed by atoms with Crippen LogP contribution in [0, 0.1) is 11.3 Å².